The van der Waals surface area contributed by atoms with E-state index in [1.165, 1.54) is 36.8 Å². The molecule has 0 bridgehead atoms. The molecule has 1 aliphatic rings. The lowest BCUT2D eigenvalue weighted by Gasteiger charge is -2.33. The number of hydrogen-bond acceptors (Lipinski definition) is 5. The minimum Gasteiger partial charge on any atom is -0.404 e. The number of halogens is 6. The summed E-state index contributed by atoms with van der Waals surface area (Å²) in [5.41, 5.74) is 4.37. The van der Waals surface area contributed by atoms with Crippen molar-refractivity contribution >= 4 is 29.3 Å². The Bertz CT molecular complexity index is 1540. The summed E-state index contributed by atoms with van der Waals surface area (Å²) < 4.78 is 78.9. The fourth-order valence-corrected chi connectivity index (χ4v) is 4.25. The van der Waals surface area contributed by atoms with Gasteiger partial charge in [-0.1, -0.05) is 30.8 Å². The molecule has 4 N–H and O–H groups in total. The van der Waals surface area contributed by atoms with Crippen LogP contribution >= 0.6 is 0 Å². The average molecular weight is 573 g/mol. The van der Waals surface area contributed by atoms with E-state index in [2.05, 4.69) is 21.9 Å². The summed E-state index contributed by atoms with van der Waals surface area (Å²) >= 11 is 0. The first kappa shape index (κ1) is 29.1. The molecule has 0 saturated carbocycles. The Morgan fingerprint density at radius 3 is 2.15 bits per heavy atom. The van der Waals surface area contributed by atoms with Crippen LogP contribution < -0.4 is 16.4 Å². The number of nitrogens with zero attached hydrogens (tertiary/aromatic N) is 2. The largest absolute Gasteiger partial charge is 0.416 e. The molecule has 2 amide bonds. The molecule has 0 fully saturated rings. The molecule has 41 heavy (non-hydrogen) atoms. The van der Waals surface area contributed by atoms with Crippen LogP contribution in [0.3, 0.4) is 0 Å². The van der Waals surface area contributed by atoms with Gasteiger partial charge < -0.3 is 16.4 Å². The van der Waals surface area contributed by atoms with Gasteiger partial charge in [-0.3, -0.25) is 14.6 Å². The highest BCUT2D eigenvalue weighted by Gasteiger charge is 2.37. The normalized spacial score (nSPS) is 15.2. The summed E-state index contributed by atoms with van der Waals surface area (Å²) in [7, 11) is 0. The third-order valence-electron chi connectivity index (χ3n) is 6.14. The Kier molecular flexibility index (Phi) is 7.99. The maximum atomic E-state index is 13.2. The Labute approximate surface area is 229 Å². The zero-order valence-electron chi connectivity index (χ0n) is 21.0. The van der Waals surface area contributed by atoms with Crippen molar-refractivity contribution in [2.45, 2.75) is 24.8 Å². The number of carbonyl (C=O) groups excluding carboxylic acids is 2. The minimum absolute atomic E-state index is 0.0542. The van der Waals surface area contributed by atoms with Crippen molar-refractivity contribution in [3.8, 4) is 0 Å². The third-order valence-corrected chi connectivity index (χ3v) is 6.14. The fourth-order valence-electron chi connectivity index (χ4n) is 4.25. The second-order valence-corrected chi connectivity index (χ2v) is 8.85. The predicted molar refractivity (Wildman–Crippen MR) is 140 cm³/mol. The van der Waals surface area contributed by atoms with E-state index in [-0.39, 0.29) is 11.8 Å². The van der Waals surface area contributed by atoms with E-state index in [0.717, 1.165) is 16.7 Å². The first-order valence-electron chi connectivity index (χ1n) is 11.9. The maximum Gasteiger partial charge on any atom is 0.416 e. The second kappa shape index (κ2) is 11.3. The smallest absolute Gasteiger partial charge is 0.404 e. The molecule has 3 aromatic rings. The van der Waals surface area contributed by atoms with Crippen molar-refractivity contribution in [3.63, 3.8) is 0 Å². The van der Waals surface area contributed by atoms with Gasteiger partial charge in [-0.2, -0.15) is 26.3 Å². The van der Waals surface area contributed by atoms with Gasteiger partial charge in [-0.05, 0) is 53.4 Å². The predicted octanol–water partition coefficient (Wildman–Crippen LogP) is 5.91. The maximum absolute atomic E-state index is 13.2. The quantitative estimate of drug-likeness (QED) is 0.241. The molecular weight excluding hydrogens is 552 g/mol. The zero-order chi connectivity index (χ0) is 29.9. The van der Waals surface area contributed by atoms with Crippen LogP contribution in [0.5, 0.6) is 0 Å². The van der Waals surface area contributed by atoms with Crippen LogP contribution in [0.25, 0.3) is 5.57 Å². The average Bonchev–Trinajstić information content (AvgIpc) is 2.90. The molecule has 1 aliphatic carbocycles. The molecule has 1 aromatic heterocycles. The van der Waals surface area contributed by atoms with Crippen molar-refractivity contribution in [3.05, 3.63) is 113 Å². The van der Waals surface area contributed by atoms with Crippen LogP contribution in [0, 0.1) is 0 Å². The first-order chi connectivity index (χ1) is 19.3. The van der Waals surface area contributed by atoms with E-state index < -0.39 is 52.7 Å². The van der Waals surface area contributed by atoms with Crippen molar-refractivity contribution in [2.75, 3.05) is 5.32 Å². The number of amides is 2. The number of benzene rings is 2. The van der Waals surface area contributed by atoms with Gasteiger partial charge in [0.2, 0.25) is 0 Å². The second-order valence-electron chi connectivity index (χ2n) is 8.85. The van der Waals surface area contributed by atoms with Crippen molar-refractivity contribution < 1.29 is 35.9 Å². The zero-order valence-corrected chi connectivity index (χ0v) is 21.0. The van der Waals surface area contributed by atoms with Gasteiger partial charge in [0.05, 0.1) is 17.2 Å². The third kappa shape index (κ3) is 6.45. The standard InChI is InChI=1S/C28H21F6N5O2/c1-2-36-14-16(13-35)20-6-3-5-15-9-23(24(15)20)39-26(41)22-8-4-7-21(38-22)25(40)37-19-11-17(27(29,30)31)10-18(12-19)28(32,33)34/h2-8,10-14,23H,1,9,35H2,(H,37,40)(H,39,41)/b16-13+,36-14?. The number of carbonyl (C=O) groups is 2. The Hall–Kier alpha value is -4.94. The van der Waals surface area contributed by atoms with E-state index >= 15 is 0 Å². The van der Waals surface area contributed by atoms with Gasteiger partial charge in [0.1, 0.15) is 11.4 Å². The SMILES string of the molecule is C=CN=C/C(=C\N)c1cccc2c1C(NC(=O)c1cccc(C(=O)Nc3cc(C(F)(F)F)cc(C(F)(F)F)c3)n1)C2. The highest BCUT2D eigenvalue weighted by molar-refractivity contribution is 6.11. The van der Waals surface area contributed by atoms with Crippen LogP contribution in [0.2, 0.25) is 0 Å². The number of nitrogens with one attached hydrogen (secondary N) is 2. The minimum atomic E-state index is -5.09. The lowest BCUT2D eigenvalue weighted by atomic mass is 9.78. The van der Waals surface area contributed by atoms with E-state index in [1.807, 2.05) is 23.5 Å². The molecule has 13 heteroatoms. The Balaban J connectivity index is 1.54. The van der Waals surface area contributed by atoms with Crippen molar-refractivity contribution in [2.24, 2.45) is 10.7 Å². The molecule has 0 spiro atoms. The number of fused-ring (bicyclic) bond motifs is 1. The van der Waals surface area contributed by atoms with Gasteiger partial charge >= 0.3 is 12.4 Å². The van der Waals surface area contributed by atoms with Gasteiger partial charge in [-0.25, -0.2) is 4.98 Å². The Morgan fingerprint density at radius 1 is 0.951 bits per heavy atom. The number of nitrogens with two attached hydrogens (primary N) is 1. The van der Waals surface area contributed by atoms with E-state index in [9.17, 15) is 35.9 Å². The molecule has 0 saturated heterocycles. The highest BCUT2D eigenvalue weighted by atomic mass is 19.4. The van der Waals surface area contributed by atoms with Crippen LogP contribution in [0.1, 0.15) is 54.8 Å². The molecule has 212 valence electrons. The van der Waals surface area contributed by atoms with Crippen LogP contribution in [0.15, 0.2) is 78.6 Å². The fraction of sp³-hybridized carbons (Fsp3) is 0.143. The highest BCUT2D eigenvalue weighted by Crippen LogP contribution is 2.39. The molecule has 1 unspecified atom stereocenters. The van der Waals surface area contributed by atoms with E-state index in [1.54, 1.807) is 0 Å². The molecule has 0 radical (unpaired) electrons. The molecule has 4 rings (SSSR count). The molecular formula is C28H21F6N5O2. The Morgan fingerprint density at radius 2 is 1.56 bits per heavy atom. The van der Waals surface area contributed by atoms with Crippen molar-refractivity contribution in [1.29, 1.82) is 0 Å². The molecule has 7 nitrogen and oxygen atoms in total. The van der Waals surface area contributed by atoms with Crippen LogP contribution in [-0.2, 0) is 18.8 Å². The molecule has 1 heterocycles. The first-order valence-corrected chi connectivity index (χ1v) is 11.9. The lowest BCUT2D eigenvalue weighted by molar-refractivity contribution is -0.143. The topological polar surface area (TPSA) is 109 Å². The summed E-state index contributed by atoms with van der Waals surface area (Å²) in [6, 6.07) is 9.59. The van der Waals surface area contributed by atoms with Gasteiger partial charge in [-0.15, -0.1) is 0 Å². The van der Waals surface area contributed by atoms with Gasteiger partial charge in [0, 0.05) is 29.9 Å². The van der Waals surface area contributed by atoms with Crippen LogP contribution in [0.4, 0.5) is 32.0 Å². The number of aromatic nitrogens is 1. The van der Waals surface area contributed by atoms with Crippen LogP contribution in [-0.4, -0.2) is 23.0 Å². The number of pyridine rings is 1. The van der Waals surface area contributed by atoms with Gasteiger partial charge in [0.25, 0.3) is 11.8 Å². The number of rotatable bonds is 7. The molecule has 1 atom stereocenters. The summed E-state index contributed by atoms with van der Waals surface area (Å²) in [6.45, 7) is 3.52. The molecule has 0 aliphatic heterocycles. The number of hydrogen-bond donors (Lipinski definition) is 3. The summed E-state index contributed by atoms with van der Waals surface area (Å²) in [5, 5.41) is 4.81. The number of allylic oxidation sites excluding steroid dienone is 1. The number of anilines is 1. The summed E-state index contributed by atoms with van der Waals surface area (Å²) in [5.74, 6) is -1.76. The number of alkyl halides is 6. The van der Waals surface area contributed by atoms with Crippen molar-refractivity contribution in [1.82, 2.24) is 10.3 Å². The van der Waals surface area contributed by atoms with Gasteiger partial charge in [0.15, 0.2) is 0 Å². The number of aliphatic imine (C=N–C) groups is 1. The monoisotopic (exact) mass is 573 g/mol. The summed E-state index contributed by atoms with van der Waals surface area (Å²) in [6.07, 6.45) is -5.44. The van der Waals surface area contributed by atoms with E-state index in [0.29, 0.717) is 24.1 Å². The van der Waals surface area contributed by atoms with E-state index in [4.69, 9.17) is 5.73 Å². The molecule has 2 aromatic carbocycles. The summed E-state index contributed by atoms with van der Waals surface area (Å²) in [4.78, 5) is 33.6. The lowest BCUT2D eigenvalue weighted by Crippen LogP contribution is -2.37.